The minimum absolute atomic E-state index is 0.131. The number of anilines is 1. The second-order valence-electron chi connectivity index (χ2n) is 4.50. The second kappa shape index (κ2) is 8.05. The van der Waals surface area contributed by atoms with Gasteiger partial charge in [-0.05, 0) is 30.7 Å². The Bertz CT molecular complexity index is 666. The van der Waals surface area contributed by atoms with E-state index in [9.17, 15) is 4.79 Å². The molecule has 2 aromatic rings. The van der Waals surface area contributed by atoms with E-state index >= 15 is 0 Å². The van der Waals surface area contributed by atoms with Crippen LogP contribution in [0.25, 0.3) is 0 Å². The van der Waals surface area contributed by atoms with Crippen LogP contribution in [0.15, 0.2) is 50.7 Å². The monoisotopic (exact) mass is 424 g/mol. The Morgan fingerprint density at radius 1 is 1.36 bits per heavy atom. The molecule has 2 rings (SSSR count). The van der Waals surface area contributed by atoms with E-state index in [0.717, 1.165) is 25.8 Å². The molecule has 1 aromatic heterocycles. The van der Waals surface area contributed by atoms with E-state index in [1.165, 1.54) is 0 Å². The van der Waals surface area contributed by atoms with Crippen molar-refractivity contribution in [2.75, 3.05) is 11.9 Å². The molecule has 2 N–H and O–H groups in total. The third kappa shape index (κ3) is 4.92. The van der Waals surface area contributed by atoms with Crippen LogP contribution in [0.2, 0.25) is 0 Å². The molecule has 0 atom stereocenters. The minimum Gasteiger partial charge on any atom is -0.376 e. The molecule has 1 aromatic carbocycles. The maximum absolute atomic E-state index is 11.7. The first-order valence-electron chi connectivity index (χ1n) is 6.47. The predicted molar refractivity (Wildman–Crippen MR) is 95.0 cm³/mol. The molecule has 0 fully saturated rings. The van der Waals surface area contributed by atoms with Crippen LogP contribution in [0.4, 0.5) is 5.69 Å². The van der Waals surface area contributed by atoms with E-state index in [4.69, 9.17) is 0 Å². The van der Waals surface area contributed by atoms with Crippen LogP contribution in [0.5, 0.6) is 0 Å². The van der Waals surface area contributed by atoms with Crippen molar-refractivity contribution in [2.24, 2.45) is 5.10 Å². The van der Waals surface area contributed by atoms with Crippen molar-refractivity contribution < 1.29 is 4.79 Å². The van der Waals surface area contributed by atoms with Crippen molar-refractivity contribution in [1.82, 2.24) is 10.4 Å². The van der Waals surface area contributed by atoms with E-state index in [-0.39, 0.29) is 12.5 Å². The molecule has 7 heteroatoms. The lowest BCUT2D eigenvalue weighted by Gasteiger charge is -2.09. The van der Waals surface area contributed by atoms with Crippen molar-refractivity contribution in [2.45, 2.75) is 6.92 Å². The van der Waals surface area contributed by atoms with Crippen molar-refractivity contribution >= 4 is 49.7 Å². The highest BCUT2D eigenvalue weighted by Crippen LogP contribution is 2.28. The number of hydrogen-bond donors (Lipinski definition) is 2. The highest BCUT2D eigenvalue weighted by atomic mass is 79.9. The van der Waals surface area contributed by atoms with E-state index in [1.807, 2.05) is 25.1 Å². The fourth-order valence-corrected chi connectivity index (χ4v) is 2.79. The molecule has 0 aliphatic carbocycles. The number of carbonyl (C=O) groups is 1. The number of benzene rings is 1. The van der Waals surface area contributed by atoms with Gasteiger partial charge >= 0.3 is 0 Å². The fraction of sp³-hybridized carbons (Fsp3) is 0.133. The first-order valence-corrected chi connectivity index (χ1v) is 8.06. The van der Waals surface area contributed by atoms with Crippen LogP contribution < -0.4 is 10.7 Å². The summed E-state index contributed by atoms with van der Waals surface area (Å²) < 4.78 is 1.94. The molecule has 0 aliphatic rings. The Labute approximate surface area is 145 Å². The zero-order valence-corrected chi connectivity index (χ0v) is 15.0. The van der Waals surface area contributed by atoms with Gasteiger partial charge in [-0.1, -0.05) is 37.9 Å². The van der Waals surface area contributed by atoms with Crippen LogP contribution in [0.1, 0.15) is 11.1 Å². The average Bonchev–Trinajstić information content (AvgIpc) is 2.51. The maximum Gasteiger partial charge on any atom is 0.259 e. The van der Waals surface area contributed by atoms with Gasteiger partial charge in [-0.2, -0.15) is 5.10 Å². The summed E-state index contributed by atoms with van der Waals surface area (Å²) >= 11 is 6.94. The van der Waals surface area contributed by atoms with Crippen molar-refractivity contribution in [3.8, 4) is 0 Å². The molecular weight excluding hydrogens is 412 g/mol. The Balaban J connectivity index is 1.84. The number of amides is 1. The van der Waals surface area contributed by atoms with E-state index in [0.29, 0.717) is 0 Å². The predicted octanol–water partition coefficient (Wildman–Crippen LogP) is 3.48. The quantitative estimate of drug-likeness (QED) is 0.569. The van der Waals surface area contributed by atoms with Crippen LogP contribution in [0.3, 0.4) is 0 Å². The lowest BCUT2D eigenvalue weighted by Crippen LogP contribution is -2.25. The molecule has 22 heavy (non-hydrogen) atoms. The molecule has 1 heterocycles. The van der Waals surface area contributed by atoms with E-state index in [2.05, 4.69) is 52.7 Å². The molecule has 0 saturated carbocycles. The zero-order valence-electron chi connectivity index (χ0n) is 11.8. The minimum atomic E-state index is -0.229. The first-order chi connectivity index (χ1) is 10.6. The van der Waals surface area contributed by atoms with Gasteiger partial charge in [0.05, 0.1) is 12.8 Å². The Morgan fingerprint density at radius 2 is 2.09 bits per heavy atom. The van der Waals surface area contributed by atoms with Gasteiger partial charge in [0.15, 0.2) is 0 Å². The van der Waals surface area contributed by atoms with Gasteiger partial charge in [-0.3, -0.25) is 9.78 Å². The van der Waals surface area contributed by atoms with Gasteiger partial charge < -0.3 is 5.32 Å². The number of halogens is 2. The topological polar surface area (TPSA) is 66.4 Å². The smallest absolute Gasteiger partial charge is 0.259 e. The molecule has 0 bridgehead atoms. The van der Waals surface area contributed by atoms with Gasteiger partial charge in [-0.15, -0.1) is 0 Å². The summed E-state index contributed by atoms with van der Waals surface area (Å²) in [5.74, 6) is -0.229. The molecule has 0 unspecified atom stereocenters. The van der Waals surface area contributed by atoms with Gasteiger partial charge in [0.1, 0.15) is 0 Å². The SMILES string of the molecule is Cc1c(Br)cc(NCC(=O)N/N=C/c2cccnc2)cc1Br. The summed E-state index contributed by atoms with van der Waals surface area (Å²) in [5.41, 5.74) is 5.23. The van der Waals surface area contributed by atoms with Crippen molar-refractivity contribution in [3.05, 3.63) is 56.7 Å². The van der Waals surface area contributed by atoms with Gasteiger partial charge in [0.2, 0.25) is 0 Å². The number of nitrogens with one attached hydrogen (secondary N) is 2. The summed E-state index contributed by atoms with van der Waals surface area (Å²) in [6.45, 7) is 2.13. The standard InChI is InChI=1S/C15H14Br2N4O/c1-10-13(16)5-12(6-14(10)17)19-9-15(22)21-20-8-11-3-2-4-18-7-11/h2-8,19H,9H2,1H3,(H,21,22)/b20-8+. The number of hydrazone groups is 1. The second-order valence-corrected chi connectivity index (χ2v) is 6.21. The Hall–Kier alpha value is -1.73. The molecule has 5 nitrogen and oxygen atoms in total. The number of pyridine rings is 1. The third-order valence-electron chi connectivity index (χ3n) is 2.82. The maximum atomic E-state index is 11.7. The number of aromatic nitrogens is 1. The molecule has 114 valence electrons. The zero-order chi connectivity index (χ0) is 15.9. The van der Waals surface area contributed by atoms with Crippen molar-refractivity contribution in [1.29, 1.82) is 0 Å². The number of hydrogen-bond acceptors (Lipinski definition) is 4. The summed E-state index contributed by atoms with van der Waals surface area (Å²) in [6.07, 6.45) is 4.89. The van der Waals surface area contributed by atoms with Gasteiger partial charge in [-0.25, -0.2) is 5.43 Å². The molecule has 0 radical (unpaired) electrons. The fourth-order valence-electron chi connectivity index (χ4n) is 1.60. The van der Waals surface area contributed by atoms with Crippen LogP contribution in [0, 0.1) is 6.92 Å². The van der Waals surface area contributed by atoms with Crippen LogP contribution >= 0.6 is 31.9 Å². The summed E-state index contributed by atoms with van der Waals surface area (Å²) in [7, 11) is 0. The highest BCUT2D eigenvalue weighted by Gasteiger charge is 2.05. The summed E-state index contributed by atoms with van der Waals surface area (Å²) in [6, 6.07) is 7.50. The van der Waals surface area contributed by atoms with Crippen LogP contribution in [-0.4, -0.2) is 23.7 Å². The lowest BCUT2D eigenvalue weighted by atomic mass is 10.2. The Kier molecular flexibility index (Phi) is 6.09. The number of nitrogens with zero attached hydrogens (tertiary/aromatic N) is 2. The average molecular weight is 426 g/mol. The highest BCUT2D eigenvalue weighted by molar-refractivity contribution is 9.11. The van der Waals surface area contributed by atoms with Crippen molar-refractivity contribution in [3.63, 3.8) is 0 Å². The molecule has 1 amide bonds. The number of rotatable bonds is 5. The Morgan fingerprint density at radius 3 is 2.73 bits per heavy atom. The van der Waals surface area contributed by atoms with Gasteiger partial charge in [0.25, 0.3) is 5.91 Å². The van der Waals surface area contributed by atoms with E-state index in [1.54, 1.807) is 24.7 Å². The van der Waals surface area contributed by atoms with E-state index < -0.39 is 0 Å². The first kappa shape index (κ1) is 16.6. The molecule has 0 saturated heterocycles. The molecular formula is C15H14Br2N4O. The molecule has 0 spiro atoms. The largest absolute Gasteiger partial charge is 0.376 e. The van der Waals surface area contributed by atoms with Gasteiger partial charge in [0, 0.05) is 32.6 Å². The molecule has 0 aliphatic heterocycles. The number of carbonyl (C=O) groups excluding carboxylic acids is 1. The third-order valence-corrected chi connectivity index (χ3v) is 4.47. The summed E-state index contributed by atoms with van der Waals surface area (Å²) in [5, 5.41) is 6.92. The normalized spacial score (nSPS) is 10.7. The summed E-state index contributed by atoms with van der Waals surface area (Å²) in [4.78, 5) is 15.7. The van der Waals surface area contributed by atoms with Crippen LogP contribution in [-0.2, 0) is 4.79 Å². The lowest BCUT2D eigenvalue weighted by molar-refractivity contribution is -0.119.